The number of thioether (sulfide) groups is 1. The zero-order valence-electron chi connectivity index (χ0n) is 16.0. The molecule has 28 heavy (non-hydrogen) atoms. The largest absolute Gasteiger partial charge is 0.342 e. The molecule has 0 unspecified atom stereocenters. The monoisotopic (exact) mass is 418 g/mol. The molecular weight excluding hydrogens is 392 g/mol. The van der Waals surface area contributed by atoms with Gasteiger partial charge in [0, 0.05) is 39.3 Å². The van der Waals surface area contributed by atoms with E-state index in [1.54, 1.807) is 11.3 Å². The van der Waals surface area contributed by atoms with E-state index in [0.29, 0.717) is 25.4 Å². The van der Waals surface area contributed by atoms with Gasteiger partial charge in [-0.15, -0.1) is 11.3 Å². The van der Waals surface area contributed by atoms with Crippen molar-refractivity contribution < 1.29 is 9.59 Å². The summed E-state index contributed by atoms with van der Waals surface area (Å²) in [4.78, 5) is 35.6. The van der Waals surface area contributed by atoms with Crippen molar-refractivity contribution in [3.63, 3.8) is 0 Å². The van der Waals surface area contributed by atoms with Gasteiger partial charge in [-0.25, -0.2) is 4.98 Å². The topological polar surface area (TPSA) is 56.8 Å². The molecule has 2 amide bonds. The van der Waals surface area contributed by atoms with E-state index in [-0.39, 0.29) is 11.8 Å². The minimum Gasteiger partial charge on any atom is -0.342 e. The molecular formula is C20H26N4O2S2. The Balaban J connectivity index is 1.21. The maximum atomic E-state index is 12.6. The molecule has 0 bridgehead atoms. The Hall–Kier alpha value is -1.64. The fourth-order valence-electron chi connectivity index (χ4n) is 3.72. The van der Waals surface area contributed by atoms with E-state index in [1.807, 2.05) is 28.0 Å². The van der Waals surface area contributed by atoms with Gasteiger partial charge >= 0.3 is 0 Å². The SMILES string of the molecule is O=C(CSc1nc2ccccc2s1)N1CCN(CC(=O)N2CCCCC2)CC1. The summed E-state index contributed by atoms with van der Waals surface area (Å²) in [5.74, 6) is 0.823. The number of rotatable bonds is 5. The van der Waals surface area contributed by atoms with E-state index < -0.39 is 0 Å². The van der Waals surface area contributed by atoms with Gasteiger partial charge in [0.1, 0.15) is 0 Å². The average Bonchev–Trinajstić information content (AvgIpc) is 3.16. The molecule has 8 heteroatoms. The van der Waals surface area contributed by atoms with E-state index in [2.05, 4.69) is 16.0 Å². The number of carbonyl (C=O) groups is 2. The summed E-state index contributed by atoms with van der Waals surface area (Å²) in [5, 5.41) is 0. The summed E-state index contributed by atoms with van der Waals surface area (Å²) >= 11 is 3.16. The van der Waals surface area contributed by atoms with Crippen LogP contribution in [0.3, 0.4) is 0 Å². The van der Waals surface area contributed by atoms with Crippen molar-refractivity contribution in [3.8, 4) is 0 Å². The maximum Gasteiger partial charge on any atom is 0.236 e. The zero-order chi connectivity index (χ0) is 19.3. The molecule has 2 saturated heterocycles. The van der Waals surface area contributed by atoms with E-state index >= 15 is 0 Å². The Morgan fingerprint density at radius 2 is 1.64 bits per heavy atom. The highest BCUT2D eigenvalue weighted by Gasteiger charge is 2.25. The van der Waals surface area contributed by atoms with Gasteiger partial charge in [-0.1, -0.05) is 23.9 Å². The fourth-order valence-corrected chi connectivity index (χ4v) is 5.69. The van der Waals surface area contributed by atoms with Gasteiger partial charge in [0.25, 0.3) is 0 Å². The first kappa shape index (κ1) is 19.7. The molecule has 0 atom stereocenters. The van der Waals surface area contributed by atoms with Crippen LogP contribution in [0, 0.1) is 0 Å². The van der Waals surface area contributed by atoms with Gasteiger partial charge in [-0.05, 0) is 31.4 Å². The lowest BCUT2D eigenvalue weighted by Crippen LogP contribution is -2.52. The minimum atomic E-state index is 0.159. The normalized spacial score (nSPS) is 18.6. The van der Waals surface area contributed by atoms with Crippen LogP contribution in [-0.2, 0) is 9.59 Å². The highest BCUT2D eigenvalue weighted by atomic mass is 32.2. The summed E-state index contributed by atoms with van der Waals surface area (Å²) in [5.41, 5.74) is 0.995. The van der Waals surface area contributed by atoms with Crippen LogP contribution in [0.4, 0.5) is 0 Å². The molecule has 1 aromatic heterocycles. The fraction of sp³-hybridized carbons (Fsp3) is 0.550. The number of likely N-dealkylation sites (tertiary alicyclic amines) is 1. The van der Waals surface area contributed by atoms with Crippen molar-refractivity contribution in [1.29, 1.82) is 0 Å². The van der Waals surface area contributed by atoms with Crippen LogP contribution in [-0.4, -0.2) is 83.1 Å². The second-order valence-corrected chi connectivity index (χ2v) is 9.59. The Morgan fingerprint density at radius 1 is 0.929 bits per heavy atom. The van der Waals surface area contributed by atoms with E-state index in [0.717, 1.165) is 53.6 Å². The number of amides is 2. The second-order valence-electron chi connectivity index (χ2n) is 7.33. The lowest BCUT2D eigenvalue weighted by atomic mass is 10.1. The third-order valence-electron chi connectivity index (χ3n) is 5.39. The number of fused-ring (bicyclic) bond motifs is 1. The summed E-state index contributed by atoms with van der Waals surface area (Å²) in [7, 11) is 0. The number of nitrogens with zero attached hydrogens (tertiary/aromatic N) is 4. The molecule has 4 rings (SSSR count). The number of carbonyl (C=O) groups excluding carboxylic acids is 2. The molecule has 1 aromatic carbocycles. The number of hydrogen-bond acceptors (Lipinski definition) is 6. The zero-order valence-corrected chi connectivity index (χ0v) is 17.6. The van der Waals surface area contributed by atoms with E-state index in [4.69, 9.17) is 0 Å². The first-order chi connectivity index (χ1) is 13.7. The maximum absolute atomic E-state index is 12.6. The molecule has 0 spiro atoms. The van der Waals surface area contributed by atoms with Crippen LogP contribution < -0.4 is 0 Å². The van der Waals surface area contributed by atoms with Gasteiger partial charge < -0.3 is 9.80 Å². The van der Waals surface area contributed by atoms with Crippen molar-refractivity contribution >= 4 is 45.1 Å². The molecule has 0 radical (unpaired) electrons. The predicted octanol–water partition coefficient (Wildman–Crippen LogP) is 2.55. The Morgan fingerprint density at radius 3 is 2.39 bits per heavy atom. The molecule has 0 aliphatic carbocycles. The van der Waals surface area contributed by atoms with Crippen LogP contribution in [0.5, 0.6) is 0 Å². The van der Waals surface area contributed by atoms with Crippen LogP contribution in [0.25, 0.3) is 10.2 Å². The lowest BCUT2D eigenvalue weighted by molar-refractivity contribution is -0.134. The number of hydrogen-bond donors (Lipinski definition) is 0. The molecule has 3 heterocycles. The number of para-hydroxylation sites is 1. The Labute approximate surface area is 173 Å². The van der Waals surface area contributed by atoms with E-state index in [1.165, 1.54) is 18.2 Å². The van der Waals surface area contributed by atoms with Crippen LogP contribution in [0.2, 0.25) is 0 Å². The van der Waals surface area contributed by atoms with Crippen LogP contribution in [0.15, 0.2) is 28.6 Å². The first-order valence-corrected chi connectivity index (χ1v) is 11.8. The number of aromatic nitrogens is 1. The molecule has 0 saturated carbocycles. The molecule has 150 valence electrons. The Kier molecular flexibility index (Phi) is 6.49. The first-order valence-electron chi connectivity index (χ1n) is 9.95. The van der Waals surface area contributed by atoms with Crippen LogP contribution >= 0.6 is 23.1 Å². The molecule has 2 aromatic rings. The Bertz CT molecular complexity index is 793. The van der Waals surface area contributed by atoms with Crippen molar-refractivity contribution in [2.24, 2.45) is 0 Å². The number of piperazine rings is 1. The quantitative estimate of drug-likeness (QED) is 0.699. The van der Waals surface area contributed by atoms with Gasteiger partial charge in [0.15, 0.2) is 4.34 Å². The van der Waals surface area contributed by atoms with Gasteiger partial charge in [-0.3, -0.25) is 14.5 Å². The number of piperidine rings is 1. The summed E-state index contributed by atoms with van der Waals surface area (Å²) in [6.45, 7) is 5.25. The molecule has 2 fully saturated rings. The van der Waals surface area contributed by atoms with Crippen LogP contribution in [0.1, 0.15) is 19.3 Å². The number of benzene rings is 1. The van der Waals surface area contributed by atoms with Gasteiger partial charge in [0.05, 0.1) is 22.5 Å². The van der Waals surface area contributed by atoms with E-state index in [9.17, 15) is 9.59 Å². The molecule has 0 N–H and O–H groups in total. The number of thiazole rings is 1. The smallest absolute Gasteiger partial charge is 0.236 e. The van der Waals surface area contributed by atoms with Crippen molar-refractivity contribution in [3.05, 3.63) is 24.3 Å². The van der Waals surface area contributed by atoms with Crippen molar-refractivity contribution in [2.75, 3.05) is 51.6 Å². The summed E-state index contributed by atoms with van der Waals surface area (Å²) in [6.07, 6.45) is 3.49. The molecule has 6 nitrogen and oxygen atoms in total. The highest BCUT2D eigenvalue weighted by molar-refractivity contribution is 8.01. The van der Waals surface area contributed by atoms with Gasteiger partial charge in [0.2, 0.25) is 11.8 Å². The molecule has 2 aliphatic rings. The summed E-state index contributed by atoms with van der Waals surface area (Å²) in [6, 6.07) is 8.05. The molecule has 2 aliphatic heterocycles. The summed E-state index contributed by atoms with van der Waals surface area (Å²) < 4.78 is 2.10. The predicted molar refractivity (Wildman–Crippen MR) is 114 cm³/mol. The van der Waals surface area contributed by atoms with Crippen molar-refractivity contribution in [1.82, 2.24) is 19.7 Å². The third-order valence-corrected chi connectivity index (χ3v) is 7.55. The average molecular weight is 419 g/mol. The standard InChI is InChI=1S/C20H26N4O2S2/c25-18(23-8-4-1-5-9-23)14-22-10-12-24(13-11-22)19(26)15-27-20-21-16-6-2-3-7-17(16)28-20/h2-3,6-7H,1,4-5,8-15H2. The van der Waals surface area contributed by atoms with Gasteiger partial charge in [-0.2, -0.15) is 0 Å². The highest BCUT2D eigenvalue weighted by Crippen LogP contribution is 2.29. The second kappa shape index (κ2) is 9.24. The third kappa shape index (κ3) is 4.85. The van der Waals surface area contributed by atoms with Crippen molar-refractivity contribution in [2.45, 2.75) is 23.6 Å². The minimum absolute atomic E-state index is 0.159. The lowest BCUT2D eigenvalue weighted by Gasteiger charge is -2.36.